The van der Waals surface area contributed by atoms with E-state index < -0.39 is 0 Å². The van der Waals surface area contributed by atoms with Crippen LogP contribution >= 0.6 is 11.6 Å². The highest BCUT2D eigenvalue weighted by molar-refractivity contribution is 6.30. The molecule has 1 saturated carbocycles. The summed E-state index contributed by atoms with van der Waals surface area (Å²) in [5, 5.41) is 0.740. The minimum atomic E-state index is 0.636. The second-order valence-electron chi connectivity index (χ2n) is 7.46. The van der Waals surface area contributed by atoms with Crippen molar-refractivity contribution in [1.82, 2.24) is 14.5 Å². The van der Waals surface area contributed by atoms with E-state index in [0.717, 1.165) is 44.4 Å². The largest absolute Gasteiger partial charge is 0.342 e. The second kappa shape index (κ2) is 6.64. The number of rotatable bonds is 4. The van der Waals surface area contributed by atoms with E-state index in [1.165, 1.54) is 12.8 Å². The maximum atomic E-state index is 5.98. The maximum absolute atomic E-state index is 5.98. The first-order chi connectivity index (χ1) is 13.6. The maximum Gasteiger partial charge on any atom is 0.206 e. The van der Waals surface area contributed by atoms with Crippen molar-refractivity contribution >= 4 is 28.6 Å². The first-order valence-corrected chi connectivity index (χ1v) is 9.89. The number of fused-ring (bicyclic) bond motifs is 1. The van der Waals surface area contributed by atoms with Crippen molar-refractivity contribution in [3.8, 4) is 22.4 Å². The Labute approximate surface area is 169 Å². The lowest BCUT2D eigenvalue weighted by molar-refractivity contribution is 0.814. The summed E-state index contributed by atoms with van der Waals surface area (Å²) in [5.74, 6) is 1.03. The van der Waals surface area contributed by atoms with Crippen LogP contribution in [0.1, 0.15) is 12.8 Å². The molecule has 0 bridgehead atoms. The van der Waals surface area contributed by atoms with Gasteiger partial charge in [-0.2, -0.15) is 0 Å². The number of hydrogen-bond acceptors (Lipinski definition) is 3. The van der Waals surface area contributed by atoms with Gasteiger partial charge in [0.1, 0.15) is 0 Å². The SMILES string of the molecule is CN(c1nc2cc(-c3ccc(-c4ccc(Cl)cc4)cn3)ccc2n1C)C1CC1. The van der Waals surface area contributed by atoms with Crippen molar-refractivity contribution in [3.05, 3.63) is 65.8 Å². The number of halogens is 1. The van der Waals surface area contributed by atoms with E-state index in [1.807, 2.05) is 30.5 Å². The summed E-state index contributed by atoms with van der Waals surface area (Å²) >= 11 is 5.98. The standard InChI is InChI=1S/C23H21ClN4/c1-27(19-9-10-19)23-26-21-13-16(6-12-22(21)28(23)2)20-11-5-17(14-25-20)15-3-7-18(24)8-4-15/h3-8,11-14,19H,9-10H2,1-2H3. The minimum Gasteiger partial charge on any atom is -0.342 e. The molecule has 2 heterocycles. The predicted octanol–water partition coefficient (Wildman–Crippen LogP) is 5.55. The number of hydrogen-bond donors (Lipinski definition) is 0. The van der Waals surface area contributed by atoms with E-state index in [4.69, 9.17) is 16.6 Å². The lowest BCUT2D eigenvalue weighted by Crippen LogP contribution is -2.22. The molecule has 0 saturated heterocycles. The fourth-order valence-corrected chi connectivity index (χ4v) is 3.79. The van der Waals surface area contributed by atoms with Gasteiger partial charge < -0.3 is 9.47 Å². The van der Waals surface area contributed by atoms with Crippen LogP contribution in [0, 0.1) is 0 Å². The number of benzene rings is 2. The first-order valence-electron chi connectivity index (χ1n) is 9.52. The summed E-state index contributed by atoms with van der Waals surface area (Å²) in [6, 6.07) is 19.0. The van der Waals surface area contributed by atoms with E-state index in [1.54, 1.807) is 0 Å². The summed E-state index contributed by atoms with van der Waals surface area (Å²) < 4.78 is 2.18. The Hall–Kier alpha value is -2.85. The zero-order chi connectivity index (χ0) is 19.3. The Kier molecular flexibility index (Phi) is 4.09. The van der Waals surface area contributed by atoms with Gasteiger partial charge >= 0.3 is 0 Å². The average molecular weight is 389 g/mol. The number of aryl methyl sites for hydroxylation is 1. The molecule has 0 unspecified atom stereocenters. The topological polar surface area (TPSA) is 34.0 Å². The van der Waals surface area contributed by atoms with Crippen LogP contribution < -0.4 is 4.90 Å². The molecule has 0 spiro atoms. The van der Waals surface area contributed by atoms with Gasteiger partial charge in [0.25, 0.3) is 0 Å². The van der Waals surface area contributed by atoms with Crippen LogP contribution in [0.5, 0.6) is 0 Å². The summed E-state index contributed by atoms with van der Waals surface area (Å²) in [7, 11) is 4.22. The molecule has 4 aromatic rings. The van der Waals surface area contributed by atoms with E-state index in [2.05, 4.69) is 58.9 Å². The van der Waals surface area contributed by atoms with Crippen LogP contribution in [0.25, 0.3) is 33.4 Å². The zero-order valence-corrected chi connectivity index (χ0v) is 16.7. The Balaban J connectivity index is 1.47. The number of imidazole rings is 1. The Bertz CT molecular complexity index is 1140. The molecule has 4 nitrogen and oxygen atoms in total. The monoisotopic (exact) mass is 388 g/mol. The average Bonchev–Trinajstić information content (AvgIpc) is 3.52. The highest BCUT2D eigenvalue weighted by Gasteiger charge is 2.29. The summed E-state index contributed by atoms with van der Waals surface area (Å²) in [4.78, 5) is 11.9. The minimum absolute atomic E-state index is 0.636. The molecule has 0 atom stereocenters. The smallest absolute Gasteiger partial charge is 0.206 e. The van der Waals surface area contributed by atoms with Crippen molar-refractivity contribution in [3.63, 3.8) is 0 Å². The van der Waals surface area contributed by atoms with E-state index in [9.17, 15) is 0 Å². The molecule has 0 radical (unpaired) electrons. The number of pyridine rings is 1. The Morgan fingerprint density at radius 1 is 0.964 bits per heavy atom. The molecule has 140 valence electrons. The molecule has 1 aliphatic rings. The van der Waals surface area contributed by atoms with Crippen molar-refractivity contribution in [2.75, 3.05) is 11.9 Å². The van der Waals surface area contributed by atoms with E-state index >= 15 is 0 Å². The van der Waals surface area contributed by atoms with Crippen LogP contribution in [-0.4, -0.2) is 27.6 Å². The van der Waals surface area contributed by atoms with Gasteiger partial charge in [-0.05, 0) is 48.7 Å². The van der Waals surface area contributed by atoms with E-state index in [-0.39, 0.29) is 0 Å². The van der Waals surface area contributed by atoms with Gasteiger partial charge in [-0.25, -0.2) is 4.98 Å². The van der Waals surface area contributed by atoms with Gasteiger partial charge in [-0.15, -0.1) is 0 Å². The van der Waals surface area contributed by atoms with Crippen LogP contribution in [0.2, 0.25) is 5.02 Å². The molecule has 0 N–H and O–H groups in total. The molecular formula is C23H21ClN4. The number of aromatic nitrogens is 3. The normalized spacial score (nSPS) is 13.8. The molecule has 1 fully saturated rings. The Morgan fingerprint density at radius 3 is 2.36 bits per heavy atom. The molecule has 5 rings (SSSR count). The van der Waals surface area contributed by atoms with E-state index in [0.29, 0.717) is 6.04 Å². The van der Waals surface area contributed by atoms with Gasteiger partial charge in [0.05, 0.1) is 16.7 Å². The molecular weight excluding hydrogens is 368 g/mol. The summed E-state index contributed by atoms with van der Waals surface area (Å²) in [6.07, 6.45) is 4.43. The quantitative estimate of drug-likeness (QED) is 0.459. The zero-order valence-electron chi connectivity index (χ0n) is 15.9. The summed E-state index contributed by atoms with van der Waals surface area (Å²) in [6.45, 7) is 0. The van der Waals surface area contributed by atoms with Gasteiger partial charge in [0, 0.05) is 42.5 Å². The third-order valence-electron chi connectivity index (χ3n) is 5.50. The van der Waals surface area contributed by atoms with Crippen molar-refractivity contribution in [2.24, 2.45) is 7.05 Å². The molecule has 2 aromatic carbocycles. The number of anilines is 1. The van der Waals surface area contributed by atoms with Gasteiger partial charge in [0.15, 0.2) is 0 Å². The van der Waals surface area contributed by atoms with Crippen LogP contribution in [0.15, 0.2) is 60.8 Å². The first kappa shape index (κ1) is 17.3. The second-order valence-corrected chi connectivity index (χ2v) is 7.89. The fourth-order valence-electron chi connectivity index (χ4n) is 3.66. The van der Waals surface area contributed by atoms with Gasteiger partial charge in [-0.3, -0.25) is 4.98 Å². The van der Waals surface area contributed by atoms with Gasteiger partial charge in [0.2, 0.25) is 5.95 Å². The number of nitrogens with zero attached hydrogens (tertiary/aromatic N) is 4. The molecule has 1 aliphatic carbocycles. The summed E-state index contributed by atoms with van der Waals surface area (Å²) in [5.41, 5.74) is 6.36. The van der Waals surface area contributed by atoms with Crippen LogP contribution in [-0.2, 0) is 7.05 Å². The molecule has 28 heavy (non-hydrogen) atoms. The lowest BCUT2D eigenvalue weighted by Gasteiger charge is -2.16. The molecule has 5 heteroatoms. The Morgan fingerprint density at radius 2 is 1.68 bits per heavy atom. The highest BCUT2D eigenvalue weighted by atomic mass is 35.5. The highest BCUT2D eigenvalue weighted by Crippen LogP contribution is 2.32. The predicted molar refractivity (Wildman–Crippen MR) is 116 cm³/mol. The van der Waals surface area contributed by atoms with Crippen molar-refractivity contribution in [2.45, 2.75) is 18.9 Å². The third kappa shape index (κ3) is 3.04. The van der Waals surface area contributed by atoms with Crippen LogP contribution in [0.3, 0.4) is 0 Å². The van der Waals surface area contributed by atoms with Crippen molar-refractivity contribution < 1.29 is 0 Å². The van der Waals surface area contributed by atoms with Gasteiger partial charge in [-0.1, -0.05) is 35.9 Å². The fraction of sp³-hybridized carbons (Fsp3) is 0.217. The van der Waals surface area contributed by atoms with Crippen LogP contribution in [0.4, 0.5) is 5.95 Å². The molecule has 2 aromatic heterocycles. The molecule has 0 aliphatic heterocycles. The van der Waals surface area contributed by atoms with Crippen molar-refractivity contribution in [1.29, 1.82) is 0 Å². The third-order valence-corrected chi connectivity index (χ3v) is 5.76. The molecule has 0 amide bonds. The lowest BCUT2D eigenvalue weighted by atomic mass is 10.1.